The second-order valence-electron chi connectivity index (χ2n) is 8.31. The Kier molecular flexibility index (Phi) is 5.14. The summed E-state index contributed by atoms with van der Waals surface area (Å²) in [6.45, 7) is 12.6. The molecule has 0 saturated carbocycles. The van der Waals surface area contributed by atoms with Crippen molar-refractivity contribution in [3.8, 4) is 5.75 Å². The topological polar surface area (TPSA) is 68.5 Å². The van der Waals surface area contributed by atoms with Crippen LogP contribution in [0.25, 0.3) is 0 Å². The Bertz CT molecular complexity index is 790. The molecule has 0 radical (unpaired) electrons. The van der Waals surface area contributed by atoms with Crippen molar-refractivity contribution < 1.29 is 5.11 Å². The molecule has 0 fully saturated rings. The van der Waals surface area contributed by atoms with Gasteiger partial charge in [-0.2, -0.15) is 5.10 Å². The number of anilines is 1. The van der Waals surface area contributed by atoms with Crippen molar-refractivity contribution in [3.05, 3.63) is 46.5 Å². The van der Waals surface area contributed by atoms with Crippen molar-refractivity contribution >= 4 is 28.7 Å². The van der Waals surface area contributed by atoms with Crippen molar-refractivity contribution in [1.82, 2.24) is 0 Å². The number of hydrazone groups is 1. The van der Waals surface area contributed by atoms with E-state index in [1.54, 1.807) is 12.2 Å². The summed E-state index contributed by atoms with van der Waals surface area (Å²) in [5.41, 5.74) is 5.84. The molecule has 1 aliphatic carbocycles. The van der Waals surface area contributed by atoms with E-state index in [0.717, 1.165) is 11.1 Å². The summed E-state index contributed by atoms with van der Waals surface area (Å²) in [6, 6.07) is 3.96. The molecule has 25 heavy (non-hydrogen) atoms. The van der Waals surface area contributed by atoms with Crippen LogP contribution in [0, 0.1) is 5.41 Å². The van der Waals surface area contributed by atoms with Crippen LogP contribution in [-0.2, 0) is 10.8 Å². The highest BCUT2D eigenvalue weighted by Gasteiger charge is 2.25. The SMILES string of the molecule is CC(C)(C)c1cc(N/N=C2/C=CC(Cl)=CC2=N)c(O)c(C(C)(C)C)c1. The van der Waals surface area contributed by atoms with Crippen molar-refractivity contribution in [2.75, 3.05) is 5.43 Å². The number of phenols is 1. The Morgan fingerprint density at radius 2 is 1.68 bits per heavy atom. The molecular weight excluding hydrogens is 334 g/mol. The first-order valence-corrected chi connectivity index (χ1v) is 8.63. The molecule has 0 aliphatic heterocycles. The molecule has 1 aliphatic rings. The van der Waals surface area contributed by atoms with Gasteiger partial charge in [0.25, 0.3) is 0 Å². The minimum Gasteiger partial charge on any atom is -0.505 e. The average molecular weight is 360 g/mol. The molecule has 134 valence electrons. The number of benzene rings is 1. The predicted octanol–water partition coefficient (Wildman–Crippen LogP) is 5.47. The molecule has 3 N–H and O–H groups in total. The van der Waals surface area contributed by atoms with E-state index in [0.29, 0.717) is 16.4 Å². The molecule has 2 rings (SSSR count). The number of halogens is 1. The lowest BCUT2D eigenvalue weighted by molar-refractivity contribution is 0.446. The summed E-state index contributed by atoms with van der Waals surface area (Å²) in [7, 11) is 0. The number of rotatable bonds is 2. The zero-order valence-electron chi connectivity index (χ0n) is 15.7. The van der Waals surface area contributed by atoms with Gasteiger partial charge >= 0.3 is 0 Å². The molecule has 0 atom stereocenters. The highest BCUT2D eigenvalue weighted by molar-refractivity contribution is 6.52. The van der Waals surface area contributed by atoms with Crippen LogP contribution in [0.15, 0.2) is 40.5 Å². The normalized spacial score (nSPS) is 17.0. The van der Waals surface area contributed by atoms with Gasteiger partial charge in [0, 0.05) is 10.6 Å². The monoisotopic (exact) mass is 359 g/mol. The molecule has 5 heteroatoms. The zero-order chi connectivity index (χ0) is 19.0. The van der Waals surface area contributed by atoms with Gasteiger partial charge in [-0.25, -0.2) is 0 Å². The fraction of sp³-hybridized carbons (Fsp3) is 0.400. The lowest BCUT2D eigenvalue weighted by atomic mass is 9.80. The molecule has 0 heterocycles. The minimum absolute atomic E-state index is 0.0645. The summed E-state index contributed by atoms with van der Waals surface area (Å²) < 4.78 is 0. The van der Waals surface area contributed by atoms with Crippen molar-refractivity contribution in [2.45, 2.75) is 52.4 Å². The number of allylic oxidation sites excluding steroid dienone is 4. The van der Waals surface area contributed by atoms with Gasteiger partial charge < -0.3 is 5.11 Å². The minimum atomic E-state index is -0.206. The maximum Gasteiger partial charge on any atom is 0.144 e. The predicted molar refractivity (Wildman–Crippen MR) is 107 cm³/mol. The quantitative estimate of drug-likeness (QED) is 0.372. The van der Waals surface area contributed by atoms with Gasteiger partial charge in [-0.05, 0) is 40.7 Å². The molecule has 1 aromatic carbocycles. The van der Waals surface area contributed by atoms with Crippen LogP contribution in [0.2, 0.25) is 0 Å². The largest absolute Gasteiger partial charge is 0.505 e. The highest BCUT2D eigenvalue weighted by Crippen LogP contribution is 2.40. The third kappa shape index (κ3) is 4.51. The van der Waals surface area contributed by atoms with Crippen molar-refractivity contribution in [3.63, 3.8) is 0 Å². The van der Waals surface area contributed by atoms with E-state index in [1.807, 2.05) is 6.07 Å². The van der Waals surface area contributed by atoms with Crippen molar-refractivity contribution in [2.24, 2.45) is 5.10 Å². The third-order valence-electron chi connectivity index (χ3n) is 4.04. The van der Waals surface area contributed by atoms with E-state index in [1.165, 1.54) is 6.08 Å². The van der Waals surface area contributed by atoms with Gasteiger partial charge in [-0.1, -0.05) is 59.2 Å². The smallest absolute Gasteiger partial charge is 0.144 e. The van der Waals surface area contributed by atoms with Crippen molar-refractivity contribution in [1.29, 1.82) is 5.41 Å². The zero-order valence-corrected chi connectivity index (χ0v) is 16.4. The van der Waals surface area contributed by atoms with E-state index in [-0.39, 0.29) is 22.3 Å². The van der Waals surface area contributed by atoms with Gasteiger partial charge in [0.15, 0.2) is 0 Å². The van der Waals surface area contributed by atoms with Gasteiger partial charge in [0.05, 0.1) is 11.4 Å². The highest BCUT2D eigenvalue weighted by atomic mass is 35.5. The lowest BCUT2D eigenvalue weighted by Crippen LogP contribution is -2.18. The van der Waals surface area contributed by atoms with Gasteiger partial charge in [0.1, 0.15) is 11.5 Å². The van der Waals surface area contributed by atoms with Crippen LogP contribution in [0.4, 0.5) is 5.69 Å². The summed E-state index contributed by atoms with van der Waals surface area (Å²) in [6.07, 6.45) is 4.90. The fourth-order valence-corrected chi connectivity index (χ4v) is 2.62. The molecule has 4 nitrogen and oxygen atoms in total. The van der Waals surface area contributed by atoms with E-state index < -0.39 is 0 Å². The lowest BCUT2D eigenvalue weighted by Gasteiger charge is -2.27. The van der Waals surface area contributed by atoms with Gasteiger partial charge in [-0.3, -0.25) is 10.8 Å². The fourth-order valence-electron chi connectivity index (χ4n) is 2.45. The van der Waals surface area contributed by atoms with Crippen LogP contribution >= 0.6 is 11.6 Å². The maximum atomic E-state index is 10.7. The first-order chi connectivity index (χ1) is 11.4. The summed E-state index contributed by atoms with van der Waals surface area (Å²) >= 11 is 5.88. The maximum absolute atomic E-state index is 10.7. The third-order valence-corrected chi connectivity index (χ3v) is 4.27. The number of phenolic OH excluding ortho intramolecular Hbond substituents is 1. The van der Waals surface area contributed by atoms with Gasteiger partial charge in [0.2, 0.25) is 0 Å². The molecule has 0 bridgehead atoms. The standard InChI is InChI=1S/C20H26ClN3O/c1-19(2,3)12-9-14(20(4,5)6)18(25)17(10-12)24-23-16-8-7-13(21)11-15(16)22/h7-11,22,24-25H,1-6H3/b22-15?,23-16-. The molecule has 0 saturated heterocycles. The molecule has 0 unspecified atom stereocenters. The molecule has 1 aromatic rings. The average Bonchev–Trinajstić information content (AvgIpc) is 2.45. The second kappa shape index (κ2) is 6.68. The summed E-state index contributed by atoms with van der Waals surface area (Å²) in [5, 5.41) is 23.4. The Morgan fingerprint density at radius 3 is 2.20 bits per heavy atom. The second-order valence-corrected chi connectivity index (χ2v) is 8.74. The molecular formula is C20H26ClN3O. The van der Waals surface area contributed by atoms with Gasteiger partial charge in [-0.15, -0.1) is 0 Å². The summed E-state index contributed by atoms with van der Waals surface area (Å²) in [5.74, 6) is 0.185. The number of nitrogens with zero attached hydrogens (tertiary/aromatic N) is 1. The van der Waals surface area contributed by atoms with E-state index in [4.69, 9.17) is 17.0 Å². The first-order valence-electron chi connectivity index (χ1n) is 8.25. The summed E-state index contributed by atoms with van der Waals surface area (Å²) in [4.78, 5) is 0. The molecule has 0 amide bonds. The molecule has 0 aromatic heterocycles. The van der Waals surface area contributed by atoms with Crippen LogP contribution in [-0.4, -0.2) is 16.5 Å². The Balaban J connectivity index is 2.47. The van der Waals surface area contributed by atoms with E-state index >= 15 is 0 Å². The van der Waals surface area contributed by atoms with E-state index in [2.05, 4.69) is 58.1 Å². The van der Waals surface area contributed by atoms with Crippen LogP contribution in [0.5, 0.6) is 5.75 Å². The number of hydrogen-bond donors (Lipinski definition) is 3. The van der Waals surface area contributed by atoms with Crippen LogP contribution < -0.4 is 5.43 Å². The Morgan fingerprint density at radius 1 is 1.04 bits per heavy atom. The van der Waals surface area contributed by atoms with Crippen LogP contribution in [0.3, 0.4) is 0 Å². The number of nitrogens with one attached hydrogen (secondary N) is 2. The Hall–Kier alpha value is -2.07. The Labute approximate surface area is 154 Å². The number of hydrogen-bond acceptors (Lipinski definition) is 4. The van der Waals surface area contributed by atoms with E-state index in [9.17, 15) is 5.11 Å². The first kappa shape index (κ1) is 19.3. The van der Waals surface area contributed by atoms with Crippen LogP contribution in [0.1, 0.15) is 52.7 Å². The number of aromatic hydroxyl groups is 1. The molecule has 0 spiro atoms.